The van der Waals surface area contributed by atoms with Gasteiger partial charge in [0.05, 0.1) is 5.56 Å². The third kappa shape index (κ3) is 4.28. The fourth-order valence-electron chi connectivity index (χ4n) is 3.85. The Bertz CT molecular complexity index is 1250. The summed E-state index contributed by atoms with van der Waals surface area (Å²) < 4.78 is 20.4. The number of aryl methyl sites for hydroxylation is 2. The molecule has 2 heterocycles. The SMILES string of the molecule is Cc1cc(C(=O)COC(=O)c2c[nH]c3ccccc23)c(C)n1CCc1ccc(F)cc1. The molecule has 0 fully saturated rings. The van der Waals surface area contributed by atoms with E-state index in [2.05, 4.69) is 9.55 Å². The number of ether oxygens (including phenoxy) is 1. The fraction of sp³-hybridized carbons (Fsp3) is 0.200. The van der Waals surface area contributed by atoms with Crippen LogP contribution in [0, 0.1) is 19.7 Å². The van der Waals surface area contributed by atoms with Crippen LogP contribution in [0.25, 0.3) is 10.9 Å². The molecule has 6 heteroatoms. The number of aromatic nitrogens is 2. The number of ketones is 1. The molecule has 0 aliphatic carbocycles. The molecule has 4 rings (SSSR count). The Kier molecular flexibility index (Phi) is 5.71. The maximum absolute atomic E-state index is 13.1. The normalized spacial score (nSPS) is 11.1. The lowest BCUT2D eigenvalue weighted by atomic mass is 10.1. The molecule has 0 bridgehead atoms. The van der Waals surface area contributed by atoms with Gasteiger partial charge in [-0.25, -0.2) is 9.18 Å². The average Bonchev–Trinajstić information content (AvgIpc) is 3.32. The van der Waals surface area contributed by atoms with Crippen LogP contribution in [0.15, 0.2) is 60.8 Å². The van der Waals surface area contributed by atoms with Crippen LogP contribution in [0.1, 0.15) is 37.7 Å². The van der Waals surface area contributed by atoms with Crippen molar-refractivity contribution in [2.75, 3.05) is 6.61 Å². The first-order valence-electron chi connectivity index (χ1n) is 10.1. The maximum Gasteiger partial charge on any atom is 0.340 e. The molecule has 0 aliphatic heterocycles. The van der Waals surface area contributed by atoms with Crippen molar-refractivity contribution in [1.82, 2.24) is 9.55 Å². The highest BCUT2D eigenvalue weighted by molar-refractivity contribution is 6.05. The number of benzene rings is 2. The summed E-state index contributed by atoms with van der Waals surface area (Å²) in [6.07, 6.45) is 2.32. The number of aromatic amines is 1. The molecule has 5 nitrogen and oxygen atoms in total. The van der Waals surface area contributed by atoms with Crippen LogP contribution < -0.4 is 0 Å². The summed E-state index contributed by atoms with van der Waals surface area (Å²) in [5.41, 5.74) is 4.59. The Morgan fingerprint density at radius 2 is 1.77 bits per heavy atom. The third-order valence-electron chi connectivity index (χ3n) is 5.55. The van der Waals surface area contributed by atoms with Crippen LogP contribution in [0.5, 0.6) is 0 Å². The number of hydrogen-bond donors (Lipinski definition) is 1. The van der Waals surface area contributed by atoms with Gasteiger partial charge in [-0.15, -0.1) is 0 Å². The highest BCUT2D eigenvalue weighted by atomic mass is 19.1. The largest absolute Gasteiger partial charge is 0.454 e. The number of hydrogen-bond acceptors (Lipinski definition) is 3. The average molecular weight is 418 g/mol. The molecule has 31 heavy (non-hydrogen) atoms. The van der Waals surface area contributed by atoms with Crippen LogP contribution in [0.3, 0.4) is 0 Å². The number of H-pyrrole nitrogens is 1. The van der Waals surface area contributed by atoms with Crippen molar-refractivity contribution in [3.05, 3.63) is 94.7 Å². The monoisotopic (exact) mass is 418 g/mol. The quantitative estimate of drug-likeness (QED) is 0.339. The van der Waals surface area contributed by atoms with E-state index in [1.54, 1.807) is 18.3 Å². The zero-order chi connectivity index (χ0) is 22.0. The number of carbonyl (C=O) groups is 2. The van der Waals surface area contributed by atoms with Crippen molar-refractivity contribution in [3.8, 4) is 0 Å². The number of halogens is 1. The highest BCUT2D eigenvalue weighted by Crippen LogP contribution is 2.20. The van der Waals surface area contributed by atoms with Crippen molar-refractivity contribution >= 4 is 22.7 Å². The molecule has 0 saturated carbocycles. The Morgan fingerprint density at radius 3 is 2.55 bits per heavy atom. The second-order valence-corrected chi connectivity index (χ2v) is 7.56. The molecule has 2 aromatic carbocycles. The maximum atomic E-state index is 13.1. The molecule has 1 N–H and O–H groups in total. The number of para-hydroxylation sites is 1. The molecule has 0 radical (unpaired) electrons. The summed E-state index contributed by atoms with van der Waals surface area (Å²) in [5.74, 6) is -1.03. The van der Waals surface area contributed by atoms with Gasteiger partial charge in [0, 0.05) is 40.6 Å². The van der Waals surface area contributed by atoms with Crippen molar-refractivity contribution < 1.29 is 18.7 Å². The van der Waals surface area contributed by atoms with E-state index in [1.165, 1.54) is 12.1 Å². The van der Waals surface area contributed by atoms with E-state index in [4.69, 9.17) is 4.74 Å². The lowest BCUT2D eigenvalue weighted by Crippen LogP contribution is -2.15. The second-order valence-electron chi connectivity index (χ2n) is 7.56. The molecular weight excluding hydrogens is 395 g/mol. The molecule has 158 valence electrons. The number of nitrogens with one attached hydrogen (secondary N) is 1. The molecule has 0 spiro atoms. The fourth-order valence-corrected chi connectivity index (χ4v) is 3.85. The van der Waals surface area contributed by atoms with E-state index >= 15 is 0 Å². The lowest BCUT2D eigenvalue weighted by molar-refractivity contribution is 0.0476. The van der Waals surface area contributed by atoms with E-state index in [0.29, 0.717) is 17.7 Å². The van der Waals surface area contributed by atoms with Gasteiger partial charge in [-0.05, 0) is 50.1 Å². The smallest absolute Gasteiger partial charge is 0.340 e. The van der Waals surface area contributed by atoms with Gasteiger partial charge in [0.25, 0.3) is 0 Å². The van der Waals surface area contributed by atoms with Gasteiger partial charge in [0.1, 0.15) is 5.82 Å². The Morgan fingerprint density at radius 1 is 1.03 bits per heavy atom. The summed E-state index contributed by atoms with van der Waals surface area (Å²) in [6, 6.07) is 15.7. The molecule has 2 aromatic heterocycles. The lowest BCUT2D eigenvalue weighted by Gasteiger charge is -2.10. The van der Waals surface area contributed by atoms with Crippen LogP contribution >= 0.6 is 0 Å². The summed E-state index contributed by atoms with van der Waals surface area (Å²) in [4.78, 5) is 28.2. The first kappa shape index (κ1) is 20.6. The topological polar surface area (TPSA) is 64.1 Å². The van der Waals surface area contributed by atoms with Gasteiger partial charge in [0.2, 0.25) is 5.78 Å². The third-order valence-corrected chi connectivity index (χ3v) is 5.55. The summed E-state index contributed by atoms with van der Waals surface area (Å²) in [5, 5.41) is 0.763. The molecule has 0 amide bonds. The van der Waals surface area contributed by atoms with E-state index in [1.807, 2.05) is 44.2 Å². The van der Waals surface area contributed by atoms with Gasteiger partial charge < -0.3 is 14.3 Å². The standard InChI is InChI=1S/C25H23FN2O3/c1-16-13-21(17(2)28(16)12-11-18-7-9-19(26)10-8-18)24(29)15-31-25(30)22-14-27-23-6-4-3-5-20(22)23/h3-10,13-14,27H,11-12,15H2,1-2H3. The first-order chi connectivity index (χ1) is 14.9. The van der Waals surface area contributed by atoms with Gasteiger partial charge in [0.15, 0.2) is 6.61 Å². The minimum atomic E-state index is -0.532. The predicted octanol–water partition coefficient (Wildman–Crippen LogP) is 5.01. The van der Waals surface area contributed by atoms with E-state index < -0.39 is 5.97 Å². The second kappa shape index (κ2) is 8.60. The minimum Gasteiger partial charge on any atom is -0.454 e. The molecule has 0 saturated heterocycles. The number of Topliss-reactive ketones (excluding diaryl/α,β-unsaturated/α-hetero) is 1. The van der Waals surface area contributed by atoms with Crippen molar-refractivity contribution in [3.63, 3.8) is 0 Å². The van der Waals surface area contributed by atoms with Gasteiger partial charge >= 0.3 is 5.97 Å². The van der Waals surface area contributed by atoms with Crippen molar-refractivity contribution in [2.45, 2.75) is 26.8 Å². The first-order valence-corrected chi connectivity index (χ1v) is 10.1. The number of esters is 1. The Balaban J connectivity index is 1.42. The van der Waals surface area contributed by atoms with Crippen molar-refractivity contribution in [1.29, 1.82) is 0 Å². The predicted molar refractivity (Wildman–Crippen MR) is 117 cm³/mol. The van der Waals surface area contributed by atoms with Crippen molar-refractivity contribution in [2.24, 2.45) is 0 Å². The number of nitrogens with zero attached hydrogens (tertiary/aromatic N) is 1. The summed E-state index contributed by atoms with van der Waals surface area (Å²) in [7, 11) is 0. The molecule has 4 aromatic rings. The highest BCUT2D eigenvalue weighted by Gasteiger charge is 2.19. The molecule has 0 unspecified atom stereocenters. The van der Waals surface area contributed by atoms with Gasteiger partial charge in [-0.1, -0.05) is 30.3 Å². The van der Waals surface area contributed by atoms with E-state index in [0.717, 1.165) is 34.3 Å². The van der Waals surface area contributed by atoms with Gasteiger partial charge in [-0.3, -0.25) is 4.79 Å². The molecular formula is C25H23FN2O3. The van der Waals surface area contributed by atoms with Crippen LogP contribution in [-0.4, -0.2) is 27.9 Å². The van der Waals surface area contributed by atoms with E-state index in [9.17, 15) is 14.0 Å². The number of carbonyl (C=O) groups excluding carboxylic acids is 2. The zero-order valence-electron chi connectivity index (χ0n) is 17.4. The van der Waals surface area contributed by atoms with Gasteiger partial charge in [-0.2, -0.15) is 0 Å². The van der Waals surface area contributed by atoms with Crippen LogP contribution in [0.4, 0.5) is 4.39 Å². The Hall–Kier alpha value is -3.67. The van der Waals surface area contributed by atoms with Crippen LogP contribution in [-0.2, 0) is 17.7 Å². The number of rotatable bonds is 7. The summed E-state index contributed by atoms with van der Waals surface area (Å²) in [6.45, 7) is 4.17. The zero-order valence-corrected chi connectivity index (χ0v) is 17.4. The number of fused-ring (bicyclic) bond motifs is 1. The van der Waals surface area contributed by atoms with E-state index in [-0.39, 0.29) is 18.2 Å². The van der Waals surface area contributed by atoms with Crippen LogP contribution in [0.2, 0.25) is 0 Å². The Labute approximate surface area is 179 Å². The molecule has 0 aliphatic rings. The molecule has 0 atom stereocenters. The minimum absolute atomic E-state index is 0.241. The summed E-state index contributed by atoms with van der Waals surface area (Å²) >= 11 is 0.